The lowest BCUT2D eigenvalue weighted by atomic mass is 10.1. The third kappa shape index (κ3) is 3.76. The van der Waals surface area contributed by atoms with Crippen LogP contribution in [-0.4, -0.2) is 25.0 Å². The van der Waals surface area contributed by atoms with Gasteiger partial charge in [-0.3, -0.25) is 10.1 Å². The van der Waals surface area contributed by atoms with Crippen LogP contribution in [0.4, 0.5) is 10.5 Å². The van der Waals surface area contributed by atoms with Gasteiger partial charge in [0.05, 0.1) is 0 Å². The Bertz CT molecular complexity index is 458. The molecule has 0 bridgehead atoms. The van der Waals surface area contributed by atoms with Gasteiger partial charge in [0.15, 0.2) is 0 Å². The second-order valence-corrected chi connectivity index (χ2v) is 4.25. The van der Waals surface area contributed by atoms with Gasteiger partial charge in [0.2, 0.25) is 5.91 Å². The Labute approximate surface area is 107 Å². The van der Waals surface area contributed by atoms with Crippen LogP contribution in [0, 0.1) is 13.8 Å². The van der Waals surface area contributed by atoms with E-state index in [1.807, 2.05) is 32.0 Å². The van der Waals surface area contributed by atoms with Crippen LogP contribution in [0.25, 0.3) is 0 Å². The Morgan fingerprint density at radius 2 is 1.89 bits per heavy atom. The lowest BCUT2D eigenvalue weighted by Crippen LogP contribution is -2.44. The summed E-state index contributed by atoms with van der Waals surface area (Å²) in [5.41, 5.74) is 3.12. The summed E-state index contributed by atoms with van der Waals surface area (Å²) in [7, 11) is 1.46. The van der Waals surface area contributed by atoms with Crippen LogP contribution in [0.1, 0.15) is 18.1 Å². The molecule has 3 N–H and O–H groups in total. The summed E-state index contributed by atoms with van der Waals surface area (Å²) in [4.78, 5) is 22.7. The second-order valence-electron chi connectivity index (χ2n) is 4.25. The summed E-state index contributed by atoms with van der Waals surface area (Å²) in [5.74, 6) is -0.366. The molecule has 0 aliphatic carbocycles. The number of aryl methyl sites for hydroxylation is 2. The molecule has 0 aromatic heterocycles. The van der Waals surface area contributed by atoms with Crippen molar-refractivity contribution in [3.8, 4) is 0 Å². The highest BCUT2D eigenvalue weighted by atomic mass is 16.2. The van der Waals surface area contributed by atoms with Crippen molar-refractivity contribution >= 4 is 17.6 Å². The molecule has 1 rings (SSSR count). The Morgan fingerprint density at radius 3 is 2.44 bits per heavy atom. The van der Waals surface area contributed by atoms with Gasteiger partial charge in [-0.05, 0) is 32.4 Å². The van der Waals surface area contributed by atoms with Gasteiger partial charge in [-0.1, -0.05) is 17.7 Å². The maximum atomic E-state index is 11.7. The molecule has 0 aliphatic rings. The molecule has 0 saturated heterocycles. The zero-order chi connectivity index (χ0) is 13.7. The Kier molecular flexibility index (Phi) is 4.71. The smallest absolute Gasteiger partial charge is 0.321 e. The molecule has 0 unspecified atom stereocenters. The summed E-state index contributed by atoms with van der Waals surface area (Å²) in [5, 5.41) is 7.64. The van der Waals surface area contributed by atoms with E-state index >= 15 is 0 Å². The van der Waals surface area contributed by atoms with Gasteiger partial charge in [-0.25, -0.2) is 4.79 Å². The van der Waals surface area contributed by atoms with Crippen molar-refractivity contribution in [3.63, 3.8) is 0 Å². The number of urea groups is 1. The van der Waals surface area contributed by atoms with Crippen LogP contribution < -0.4 is 16.0 Å². The fourth-order valence-electron chi connectivity index (χ4n) is 1.56. The van der Waals surface area contributed by atoms with Gasteiger partial charge in [0.25, 0.3) is 0 Å². The largest absolute Gasteiger partial charge is 0.374 e. The predicted molar refractivity (Wildman–Crippen MR) is 71.6 cm³/mol. The first-order chi connectivity index (χ1) is 8.43. The molecule has 1 atom stereocenters. The molecule has 3 amide bonds. The molecule has 18 heavy (non-hydrogen) atoms. The van der Waals surface area contributed by atoms with E-state index < -0.39 is 12.1 Å². The van der Waals surface area contributed by atoms with Crippen molar-refractivity contribution in [2.75, 3.05) is 12.4 Å². The van der Waals surface area contributed by atoms with Crippen LogP contribution in [0.15, 0.2) is 18.2 Å². The summed E-state index contributed by atoms with van der Waals surface area (Å²) >= 11 is 0. The zero-order valence-corrected chi connectivity index (χ0v) is 11.1. The first-order valence-electron chi connectivity index (χ1n) is 5.80. The molecule has 1 aromatic rings. The standard InChI is InChI=1S/C13H19N3O2/c1-8-5-6-11(9(2)7-8)15-10(3)12(17)16-13(18)14-4/h5-7,10,15H,1-4H3,(H2,14,16,17,18)/t10-/m0/s1. The summed E-state index contributed by atoms with van der Waals surface area (Å²) in [6.07, 6.45) is 0. The van der Waals surface area contributed by atoms with Crippen LogP contribution in [0.5, 0.6) is 0 Å². The van der Waals surface area contributed by atoms with Gasteiger partial charge in [0, 0.05) is 12.7 Å². The molecule has 98 valence electrons. The number of amides is 3. The SMILES string of the molecule is CNC(=O)NC(=O)[C@H](C)Nc1ccc(C)cc1C. The number of carbonyl (C=O) groups is 2. The summed E-state index contributed by atoms with van der Waals surface area (Å²) in [6, 6.07) is 4.94. The van der Waals surface area contributed by atoms with Crippen molar-refractivity contribution in [2.24, 2.45) is 0 Å². The number of hydrogen-bond acceptors (Lipinski definition) is 3. The number of hydrogen-bond donors (Lipinski definition) is 3. The topological polar surface area (TPSA) is 70.2 Å². The monoisotopic (exact) mass is 249 g/mol. The third-order valence-corrected chi connectivity index (χ3v) is 2.61. The highest BCUT2D eigenvalue weighted by molar-refractivity contribution is 5.97. The predicted octanol–water partition coefficient (Wildman–Crippen LogP) is 1.56. The van der Waals surface area contributed by atoms with E-state index in [1.54, 1.807) is 6.92 Å². The van der Waals surface area contributed by atoms with Crippen molar-refractivity contribution in [3.05, 3.63) is 29.3 Å². The molecular formula is C13H19N3O2. The van der Waals surface area contributed by atoms with Gasteiger partial charge in [-0.2, -0.15) is 0 Å². The Morgan fingerprint density at radius 1 is 1.22 bits per heavy atom. The summed E-state index contributed by atoms with van der Waals surface area (Å²) in [6.45, 7) is 5.69. The Hall–Kier alpha value is -2.04. The third-order valence-electron chi connectivity index (χ3n) is 2.61. The molecular weight excluding hydrogens is 230 g/mol. The zero-order valence-electron chi connectivity index (χ0n) is 11.1. The highest BCUT2D eigenvalue weighted by Gasteiger charge is 2.15. The normalized spacial score (nSPS) is 11.6. The van der Waals surface area contributed by atoms with Gasteiger partial charge >= 0.3 is 6.03 Å². The van der Waals surface area contributed by atoms with E-state index in [0.29, 0.717) is 0 Å². The van der Waals surface area contributed by atoms with Gasteiger partial charge < -0.3 is 10.6 Å². The summed E-state index contributed by atoms with van der Waals surface area (Å²) < 4.78 is 0. The lowest BCUT2D eigenvalue weighted by Gasteiger charge is -2.16. The first-order valence-corrected chi connectivity index (χ1v) is 5.80. The molecule has 1 aromatic carbocycles. The van der Waals surface area contributed by atoms with Crippen molar-refractivity contribution < 1.29 is 9.59 Å². The second kappa shape index (κ2) is 6.05. The minimum absolute atomic E-state index is 0.366. The average molecular weight is 249 g/mol. The number of anilines is 1. The van der Waals surface area contributed by atoms with E-state index in [4.69, 9.17) is 0 Å². The minimum Gasteiger partial charge on any atom is -0.374 e. The number of rotatable bonds is 3. The fourth-order valence-corrected chi connectivity index (χ4v) is 1.56. The van der Waals surface area contributed by atoms with E-state index in [-0.39, 0.29) is 5.91 Å². The van der Waals surface area contributed by atoms with E-state index in [0.717, 1.165) is 11.3 Å². The maximum Gasteiger partial charge on any atom is 0.321 e. The van der Waals surface area contributed by atoms with Crippen molar-refractivity contribution in [1.29, 1.82) is 0 Å². The quantitative estimate of drug-likeness (QED) is 0.761. The highest BCUT2D eigenvalue weighted by Crippen LogP contribution is 2.16. The molecule has 0 spiro atoms. The molecule has 0 heterocycles. The maximum absolute atomic E-state index is 11.7. The van der Waals surface area contributed by atoms with Crippen LogP contribution in [-0.2, 0) is 4.79 Å². The number of benzene rings is 1. The van der Waals surface area contributed by atoms with Gasteiger partial charge in [0.1, 0.15) is 6.04 Å². The molecule has 5 nitrogen and oxygen atoms in total. The molecule has 5 heteroatoms. The van der Waals surface area contributed by atoms with Crippen LogP contribution >= 0.6 is 0 Å². The van der Waals surface area contributed by atoms with Crippen LogP contribution in [0.3, 0.4) is 0 Å². The molecule has 0 aliphatic heterocycles. The number of carbonyl (C=O) groups excluding carboxylic acids is 2. The molecule has 0 saturated carbocycles. The lowest BCUT2D eigenvalue weighted by molar-refractivity contribution is -0.120. The van der Waals surface area contributed by atoms with Crippen molar-refractivity contribution in [2.45, 2.75) is 26.8 Å². The van der Waals surface area contributed by atoms with Crippen molar-refractivity contribution in [1.82, 2.24) is 10.6 Å². The number of nitrogens with one attached hydrogen (secondary N) is 3. The fraction of sp³-hybridized carbons (Fsp3) is 0.385. The Balaban J connectivity index is 2.66. The molecule has 0 fully saturated rings. The minimum atomic E-state index is -0.505. The molecule has 0 radical (unpaired) electrons. The van der Waals surface area contributed by atoms with Gasteiger partial charge in [-0.15, -0.1) is 0 Å². The number of imide groups is 1. The van der Waals surface area contributed by atoms with Crippen LogP contribution in [0.2, 0.25) is 0 Å². The van der Waals surface area contributed by atoms with E-state index in [1.165, 1.54) is 12.6 Å². The average Bonchev–Trinajstić information content (AvgIpc) is 2.32. The van der Waals surface area contributed by atoms with E-state index in [2.05, 4.69) is 16.0 Å². The first kappa shape index (κ1) is 14.0. The van der Waals surface area contributed by atoms with E-state index in [9.17, 15) is 9.59 Å².